The second-order valence-electron chi connectivity index (χ2n) is 5.59. The van der Waals surface area contributed by atoms with Crippen molar-refractivity contribution in [2.24, 2.45) is 0 Å². The first-order chi connectivity index (χ1) is 10.7. The lowest BCUT2D eigenvalue weighted by Crippen LogP contribution is -2.13. The van der Waals surface area contributed by atoms with E-state index in [0.29, 0.717) is 17.2 Å². The first kappa shape index (κ1) is 17.0. The number of rotatable bonds is 5. The van der Waals surface area contributed by atoms with Crippen LogP contribution in [0.3, 0.4) is 0 Å². The molecule has 7 heteroatoms. The Kier molecular flexibility index (Phi) is 4.70. The second kappa shape index (κ2) is 6.37. The normalized spacial score (nSPS) is 11.5. The minimum absolute atomic E-state index is 0.136. The minimum atomic E-state index is -3.87. The molecule has 0 heterocycles. The zero-order chi connectivity index (χ0) is 17.2. The first-order valence-electron chi connectivity index (χ1n) is 7.08. The fourth-order valence-electron chi connectivity index (χ4n) is 2.10. The van der Waals surface area contributed by atoms with Crippen LogP contribution in [0, 0.1) is 17.0 Å². The molecule has 2 aromatic carbocycles. The highest BCUT2D eigenvalue weighted by atomic mass is 32.2. The Bertz CT molecular complexity index is 828. The summed E-state index contributed by atoms with van der Waals surface area (Å²) in [5.41, 5.74) is 1.70. The number of hydrogen-bond donors (Lipinski definition) is 1. The predicted molar refractivity (Wildman–Crippen MR) is 89.2 cm³/mol. The average molecular weight is 334 g/mol. The number of nitrogens with one attached hydrogen (secondary N) is 1. The summed E-state index contributed by atoms with van der Waals surface area (Å²) in [5, 5.41) is 11.0. The molecule has 0 spiro atoms. The predicted octanol–water partition coefficient (Wildman–Crippen LogP) is 3.83. The zero-order valence-corrected chi connectivity index (χ0v) is 13.9. The summed E-state index contributed by atoms with van der Waals surface area (Å²) in [6, 6.07) is 10.9. The van der Waals surface area contributed by atoms with Crippen LogP contribution in [0.4, 0.5) is 11.4 Å². The van der Waals surface area contributed by atoms with Crippen LogP contribution in [0.15, 0.2) is 47.4 Å². The molecular formula is C16H18N2O4S. The Labute approximate surface area is 135 Å². The number of aryl methyl sites for hydroxylation is 1. The third kappa shape index (κ3) is 3.87. The summed E-state index contributed by atoms with van der Waals surface area (Å²) in [6.45, 7) is 5.65. The fraction of sp³-hybridized carbons (Fsp3) is 0.250. The van der Waals surface area contributed by atoms with Gasteiger partial charge in [0.15, 0.2) is 0 Å². The van der Waals surface area contributed by atoms with Crippen molar-refractivity contribution in [1.82, 2.24) is 0 Å². The lowest BCUT2D eigenvalue weighted by Gasteiger charge is -2.10. The van der Waals surface area contributed by atoms with Gasteiger partial charge in [-0.15, -0.1) is 0 Å². The van der Waals surface area contributed by atoms with Crippen molar-refractivity contribution in [3.8, 4) is 0 Å². The standard InChI is InChI=1S/C16H18N2O4S/c1-11(2)13-5-7-14(8-6-13)17-23(21,22)15-9-4-12(3)16(10-15)18(19)20/h4-11,17H,1-3H3. The van der Waals surface area contributed by atoms with E-state index in [-0.39, 0.29) is 10.6 Å². The van der Waals surface area contributed by atoms with Crippen molar-refractivity contribution in [3.63, 3.8) is 0 Å². The molecular weight excluding hydrogens is 316 g/mol. The van der Waals surface area contributed by atoms with Crippen LogP contribution < -0.4 is 4.72 Å². The smallest absolute Gasteiger partial charge is 0.273 e. The molecule has 0 atom stereocenters. The van der Waals surface area contributed by atoms with Gasteiger partial charge in [0.2, 0.25) is 0 Å². The summed E-state index contributed by atoms with van der Waals surface area (Å²) < 4.78 is 27.2. The molecule has 0 aliphatic carbocycles. The molecule has 0 aromatic heterocycles. The maximum absolute atomic E-state index is 12.4. The molecule has 23 heavy (non-hydrogen) atoms. The molecule has 0 bridgehead atoms. The van der Waals surface area contributed by atoms with Gasteiger partial charge in [0.25, 0.3) is 15.7 Å². The Balaban J connectivity index is 2.32. The highest BCUT2D eigenvalue weighted by Gasteiger charge is 2.19. The summed E-state index contributed by atoms with van der Waals surface area (Å²) in [7, 11) is -3.87. The van der Waals surface area contributed by atoms with E-state index >= 15 is 0 Å². The van der Waals surface area contributed by atoms with Crippen LogP contribution in [-0.2, 0) is 10.0 Å². The summed E-state index contributed by atoms with van der Waals surface area (Å²) in [4.78, 5) is 10.2. The van der Waals surface area contributed by atoms with Gasteiger partial charge in [-0.05, 0) is 36.6 Å². The number of benzene rings is 2. The van der Waals surface area contributed by atoms with Crippen LogP contribution in [-0.4, -0.2) is 13.3 Å². The lowest BCUT2D eigenvalue weighted by molar-refractivity contribution is -0.385. The third-order valence-corrected chi connectivity index (χ3v) is 4.90. The SMILES string of the molecule is Cc1ccc(S(=O)(=O)Nc2ccc(C(C)C)cc2)cc1[N+](=O)[O-]. The van der Waals surface area contributed by atoms with Crippen molar-refractivity contribution in [3.05, 3.63) is 63.7 Å². The number of sulfonamides is 1. The molecule has 2 aromatic rings. The zero-order valence-electron chi connectivity index (χ0n) is 13.1. The molecule has 6 nitrogen and oxygen atoms in total. The van der Waals surface area contributed by atoms with Gasteiger partial charge < -0.3 is 0 Å². The Morgan fingerprint density at radius 3 is 2.22 bits per heavy atom. The Morgan fingerprint density at radius 2 is 1.70 bits per heavy atom. The van der Waals surface area contributed by atoms with Gasteiger partial charge in [-0.1, -0.05) is 32.0 Å². The molecule has 0 aliphatic heterocycles. The van der Waals surface area contributed by atoms with Gasteiger partial charge in [-0.25, -0.2) is 8.42 Å². The molecule has 0 amide bonds. The largest absolute Gasteiger partial charge is 0.280 e. The van der Waals surface area contributed by atoms with Gasteiger partial charge in [-0.3, -0.25) is 14.8 Å². The van der Waals surface area contributed by atoms with E-state index in [9.17, 15) is 18.5 Å². The molecule has 0 saturated heterocycles. The number of nitro benzene ring substituents is 1. The Hall–Kier alpha value is -2.41. The van der Waals surface area contributed by atoms with E-state index in [0.717, 1.165) is 11.6 Å². The first-order valence-corrected chi connectivity index (χ1v) is 8.57. The monoisotopic (exact) mass is 334 g/mol. The van der Waals surface area contributed by atoms with Crippen LogP contribution in [0.2, 0.25) is 0 Å². The van der Waals surface area contributed by atoms with Gasteiger partial charge in [0.1, 0.15) is 0 Å². The van der Waals surface area contributed by atoms with E-state index in [1.807, 2.05) is 26.0 Å². The van der Waals surface area contributed by atoms with E-state index < -0.39 is 14.9 Å². The van der Waals surface area contributed by atoms with Crippen molar-refractivity contribution in [2.75, 3.05) is 4.72 Å². The maximum Gasteiger partial charge on any atom is 0.273 e. The van der Waals surface area contributed by atoms with Gasteiger partial charge in [-0.2, -0.15) is 0 Å². The van der Waals surface area contributed by atoms with Crippen molar-refractivity contribution < 1.29 is 13.3 Å². The molecule has 0 unspecified atom stereocenters. The molecule has 1 N–H and O–H groups in total. The van der Waals surface area contributed by atoms with Crippen LogP contribution in [0.1, 0.15) is 30.9 Å². The maximum atomic E-state index is 12.4. The number of anilines is 1. The quantitative estimate of drug-likeness (QED) is 0.665. The van der Waals surface area contributed by atoms with Crippen LogP contribution in [0.25, 0.3) is 0 Å². The van der Waals surface area contributed by atoms with Gasteiger partial charge in [0, 0.05) is 17.3 Å². The van der Waals surface area contributed by atoms with Crippen LogP contribution >= 0.6 is 0 Å². The molecule has 0 aliphatic rings. The molecule has 0 radical (unpaired) electrons. The average Bonchev–Trinajstić information content (AvgIpc) is 2.47. The number of hydrogen-bond acceptors (Lipinski definition) is 4. The summed E-state index contributed by atoms with van der Waals surface area (Å²) in [5.74, 6) is 0.348. The van der Waals surface area contributed by atoms with Crippen LogP contribution in [0.5, 0.6) is 0 Å². The fourth-order valence-corrected chi connectivity index (χ4v) is 3.18. The van der Waals surface area contributed by atoms with Gasteiger partial charge >= 0.3 is 0 Å². The van der Waals surface area contributed by atoms with E-state index in [4.69, 9.17) is 0 Å². The third-order valence-electron chi connectivity index (χ3n) is 3.52. The van der Waals surface area contributed by atoms with E-state index in [2.05, 4.69) is 4.72 Å². The summed E-state index contributed by atoms with van der Waals surface area (Å²) >= 11 is 0. The molecule has 2 rings (SSSR count). The minimum Gasteiger partial charge on any atom is -0.280 e. The van der Waals surface area contributed by atoms with Crippen molar-refractivity contribution >= 4 is 21.4 Å². The highest BCUT2D eigenvalue weighted by Crippen LogP contribution is 2.24. The van der Waals surface area contributed by atoms with E-state index in [1.165, 1.54) is 12.1 Å². The Morgan fingerprint density at radius 1 is 1.09 bits per heavy atom. The van der Waals surface area contributed by atoms with Crippen molar-refractivity contribution in [2.45, 2.75) is 31.6 Å². The summed E-state index contributed by atoms with van der Waals surface area (Å²) in [6.07, 6.45) is 0. The van der Waals surface area contributed by atoms with Crippen molar-refractivity contribution in [1.29, 1.82) is 0 Å². The second-order valence-corrected chi connectivity index (χ2v) is 7.27. The number of nitro groups is 1. The lowest BCUT2D eigenvalue weighted by atomic mass is 10.0. The van der Waals surface area contributed by atoms with E-state index in [1.54, 1.807) is 19.1 Å². The highest BCUT2D eigenvalue weighted by molar-refractivity contribution is 7.92. The molecule has 0 saturated carbocycles. The van der Waals surface area contributed by atoms with Gasteiger partial charge in [0.05, 0.1) is 9.82 Å². The number of nitrogens with zero attached hydrogens (tertiary/aromatic N) is 1. The molecule has 122 valence electrons. The molecule has 0 fully saturated rings. The topological polar surface area (TPSA) is 89.3 Å².